The van der Waals surface area contributed by atoms with Gasteiger partial charge in [0.15, 0.2) is 0 Å². The Balaban J connectivity index is 2.44. The van der Waals surface area contributed by atoms with Gasteiger partial charge in [-0.05, 0) is 18.6 Å². The van der Waals surface area contributed by atoms with E-state index in [1.807, 2.05) is 6.92 Å². The van der Waals surface area contributed by atoms with Crippen molar-refractivity contribution < 1.29 is 14.0 Å². The number of nitrogens with zero attached hydrogens (tertiary/aromatic N) is 2. The van der Waals surface area contributed by atoms with E-state index < -0.39 is 17.9 Å². The molecule has 1 saturated heterocycles. The molecule has 1 aliphatic rings. The fourth-order valence-corrected chi connectivity index (χ4v) is 2.00. The average Bonchev–Trinajstić information content (AvgIpc) is 2.52. The quantitative estimate of drug-likeness (QED) is 0.737. The molecule has 1 aliphatic heterocycles. The normalized spacial score (nSPS) is 20.3. The minimum atomic E-state index is -0.570. The molecule has 0 aliphatic carbocycles. The molecule has 0 bridgehead atoms. The van der Waals surface area contributed by atoms with E-state index in [2.05, 4.69) is 0 Å². The second kappa shape index (κ2) is 4.16. The van der Waals surface area contributed by atoms with Gasteiger partial charge in [-0.1, -0.05) is 19.1 Å². The lowest BCUT2D eigenvalue weighted by atomic mass is 10.2. The molecule has 5 heteroatoms. The number of rotatable bonds is 2. The predicted molar refractivity (Wildman–Crippen MR) is 61.1 cm³/mol. The predicted octanol–water partition coefficient (Wildman–Crippen LogP) is 2.00. The largest absolute Gasteiger partial charge is 0.331 e. The first-order chi connectivity index (χ1) is 8.07. The molecule has 0 N–H and O–H groups in total. The van der Waals surface area contributed by atoms with Gasteiger partial charge in [-0.25, -0.2) is 14.1 Å². The lowest BCUT2D eigenvalue weighted by Crippen LogP contribution is -2.32. The van der Waals surface area contributed by atoms with Crippen LogP contribution in [0.25, 0.3) is 0 Å². The fourth-order valence-electron chi connectivity index (χ4n) is 2.00. The Morgan fingerprint density at radius 1 is 1.29 bits per heavy atom. The first-order valence-corrected chi connectivity index (χ1v) is 5.43. The summed E-state index contributed by atoms with van der Waals surface area (Å²) in [4.78, 5) is 26.2. The standard InChI is InChI=1S/C12H13FN2O2/c1-3-9-11(16)15(12(17)14(9)2)10-7-5-4-6-8(10)13/h4-7,9H,3H2,1-2H3. The van der Waals surface area contributed by atoms with Gasteiger partial charge in [0.2, 0.25) is 0 Å². The maximum atomic E-state index is 13.6. The molecule has 1 heterocycles. The summed E-state index contributed by atoms with van der Waals surface area (Å²) in [6.45, 7) is 1.82. The Bertz CT molecular complexity index is 475. The van der Waals surface area contributed by atoms with Gasteiger partial charge in [0, 0.05) is 7.05 Å². The van der Waals surface area contributed by atoms with Gasteiger partial charge >= 0.3 is 6.03 Å². The van der Waals surface area contributed by atoms with Crippen LogP contribution in [-0.4, -0.2) is 29.9 Å². The third-order valence-corrected chi connectivity index (χ3v) is 2.95. The van der Waals surface area contributed by atoms with Crippen LogP contribution in [0.2, 0.25) is 0 Å². The maximum Gasteiger partial charge on any atom is 0.331 e. The Labute approximate surface area is 98.6 Å². The molecule has 0 radical (unpaired) electrons. The summed E-state index contributed by atoms with van der Waals surface area (Å²) in [5, 5.41) is 0. The zero-order valence-corrected chi connectivity index (χ0v) is 9.68. The summed E-state index contributed by atoms with van der Waals surface area (Å²) in [5.41, 5.74) is 0.0188. The first-order valence-electron chi connectivity index (χ1n) is 5.43. The number of amides is 3. The Kier molecular flexibility index (Phi) is 2.83. The number of para-hydroxylation sites is 1. The molecule has 17 heavy (non-hydrogen) atoms. The van der Waals surface area contributed by atoms with Crippen molar-refractivity contribution in [3.8, 4) is 0 Å². The van der Waals surface area contributed by atoms with E-state index >= 15 is 0 Å². The van der Waals surface area contributed by atoms with Crippen molar-refractivity contribution in [3.63, 3.8) is 0 Å². The van der Waals surface area contributed by atoms with Crippen LogP contribution in [0.3, 0.4) is 0 Å². The topological polar surface area (TPSA) is 40.6 Å². The molecule has 1 fully saturated rings. The number of anilines is 1. The molecular weight excluding hydrogens is 223 g/mol. The van der Waals surface area contributed by atoms with Crippen LogP contribution >= 0.6 is 0 Å². The third-order valence-electron chi connectivity index (χ3n) is 2.95. The van der Waals surface area contributed by atoms with Crippen LogP contribution in [0.4, 0.5) is 14.9 Å². The first kappa shape index (κ1) is 11.6. The summed E-state index contributed by atoms with van der Waals surface area (Å²) in [7, 11) is 1.55. The lowest BCUT2D eigenvalue weighted by molar-refractivity contribution is -0.119. The fraction of sp³-hybridized carbons (Fsp3) is 0.333. The van der Waals surface area contributed by atoms with Crippen molar-refractivity contribution in [2.45, 2.75) is 19.4 Å². The third kappa shape index (κ3) is 1.67. The Morgan fingerprint density at radius 3 is 2.47 bits per heavy atom. The van der Waals surface area contributed by atoms with Crippen molar-refractivity contribution in [1.29, 1.82) is 0 Å². The van der Waals surface area contributed by atoms with Gasteiger partial charge < -0.3 is 4.90 Å². The number of likely N-dealkylation sites (N-methyl/N-ethyl adjacent to an activating group) is 1. The van der Waals surface area contributed by atoms with Crippen molar-refractivity contribution in [2.24, 2.45) is 0 Å². The number of imide groups is 1. The molecule has 0 spiro atoms. The Hall–Kier alpha value is -1.91. The van der Waals surface area contributed by atoms with Crippen LogP contribution < -0.4 is 4.90 Å². The summed E-state index contributed by atoms with van der Waals surface area (Å²) in [6.07, 6.45) is 0.520. The zero-order valence-electron chi connectivity index (χ0n) is 9.68. The Morgan fingerprint density at radius 2 is 1.94 bits per heavy atom. The molecule has 1 atom stereocenters. The maximum absolute atomic E-state index is 13.6. The van der Waals surface area contributed by atoms with E-state index in [0.29, 0.717) is 6.42 Å². The van der Waals surface area contributed by atoms with Crippen LogP contribution in [0.15, 0.2) is 24.3 Å². The number of halogens is 1. The molecule has 1 aromatic carbocycles. The van der Waals surface area contributed by atoms with Crippen molar-refractivity contribution >= 4 is 17.6 Å². The molecule has 90 valence electrons. The number of carbonyl (C=O) groups is 2. The second-order valence-electron chi connectivity index (χ2n) is 3.94. The zero-order chi connectivity index (χ0) is 12.6. The average molecular weight is 236 g/mol. The van der Waals surface area contributed by atoms with Crippen LogP contribution in [0, 0.1) is 5.82 Å². The van der Waals surface area contributed by atoms with E-state index in [1.54, 1.807) is 13.1 Å². The number of benzene rings is 1. The van der Waals surface area contributed by atoms with Gasteiger partial charge in [0.25, 0.3) is 5.91 Å². The molecule has 0 saturated carbocycles. The molecule has 4 nitrogen and oxygen atoms in total. The summed E-state index contributed by atoms with van der Waals surface area (Å²) >= 11 is 0. The number of urea groups is 1. The molecule has 3 amide bonds. The van der Waals surface area contributed by atoms with Gasteiger partial charge in [-0.15, -0.1) is 0 Å². The highest BCUT2D eigenvalue weighted by molar-refractivity contribution is 6.21. The highest BCUT2D eigenvalue weighted by atomic mass is 19.1. The molecular formula is C12H13FN2O2. The van der Waals surface area contributed by atoms with Crippen LogP contribution in [0.1, 0.15) is 13.3 Å². The van der Waals surface area contributed by atoms with Crippen molar-refractivity contribution in [2.75, 3.05) is 11.9 Å². The van der Waals surface area contributed by atoms with Gasteiger partial charge in [0.05, 0.1) is 5.69 Å². The highest BCUT2D eigenvalue weighted by Gasteiger charge is 2.43. The van der Waals surface area contributed by atoms with E-state index in [9.17, 15) is 14.0 Å². The number of carbonyl (C=O) groups excluding carboxylic acids is 2. The van der Waals surface area contributed by atoms with E-state index in [0.717, 1.165) is 4.90 Å². The molecule has 2 rings (SSSR count). The number of hydrogen-bond donors (Lipinski definition) is 0. The van der Waals surface area contributed by atoms with Gasteiger partial charge in [0.1, 0.15) is 11.9 Å². The van der Waals surface area contributed by atoms with E-state index in [4.69, 9.17) is 0 Å². The van der Waals surface area contributed by atoms with Crippen molar-refractivity contribution in [1.82, 2.24) is 4.90 Å². The van der Waals surface area contributed by atoms with E-state index in [1.165, 1.54) is 23.1 Å². The summed E-state index contributed by atoms with van der Waals surface area (Å²) < 4.78 is 13.6. The van der Waals surface area contributed by atoms with Crippen LogP contribution in [0.5, 0.6) is 0 Å². The summed E-state index contributed by atoms with van der Waals surface area (Å²) in [5.74, 6) is -0.940. The van der Waals surface area contributed by atoms with E-state index in [-0.39, 0.29) is 11.6 Å². The minimum Gasteiger partial charge on any atom is -0.315 e. The SMILES string of the molecule is CCC1C(=O)N(c2ccccc2F)C(=O)N1C. The summed E-state index contributed by atoms with van der Waals surface area (Å²) in [6, 6.07) is 4.80. The van der Waals surface area contributed by atoms with Gasteiger partial charge in [-0.2, -0.15) is 0 Å². The smallest absolute Gasteiger partial charge is 0.315 e. The molecule has 1 unspecified atom stereocenters. The van der Waals surface area contributed by atoms with Crippen molar-refractivity contribution in [3.05, 3.63) is 30.1 Å². The van der Waals surface area contributed by atoms with Gasteiger partial charge in [-0.3, -0.25) is 4.79 Å². The molecule has 0 aromatic heterocycles. The number of hydrogen-bond acceptors (Lipinski definition) is 2. The molecule has 1 aromatic rings. The lowest BCUT2D eigenvalue weighted by Gasteiger charge is -2.14. The minimum absolute atomic E-state index is 0.0188. The monoisotopic (exact) mass is 236 g/mol. The van der Waals surface area contributed by atoms with Crippen LogP contribution in [-0.2, 0) is 4.79 Å². The second-order valence-corrected chi connectivity index (χ2v) is 3.94. The highest BCUT2D eigenvalue weighted by Crippen LogP contribution is 2.27.